The summed E-state index contributed by atoms with van der Waals surface area (Å²) in [5, 5.41) is 26.5. The molecule has 0 amide bonds. The van der Waals surface area contributed by atoms with Gasteiger partial charge in [0.1, 0.15) is 5.69 Å². The largest absolute Gasteiger partial charge is 0.476 e. The first kappa shape index (κ1) is 16.3. The number of aliphatic hydroxyl groups excluding tert-OH is 1. The molecule has 24 heavy (non-hydrogen) atoms. The van der Waals surface area contributed by atoms with E-state index in [1.54, 1.807) is 12.1 Å². The summed E-state index contributed by atoms with van der Waals surface area (Å²) < 4.78 is 13.9. The zero-order valence-electron chi connectivity index (χ0n) is 13.0. The van der Waals surface area contributed by atoms with Crippen molar-refractivity contribution in [2.24, 2.45) is 0 Å². The molecule has 0 aliphatic carbocycles. The topological polar surface area (TPSA) is 94.7 Å². The van der Waals surface area contributed by atoms with E-state index in [2.05, 4.69) is 15.1 Å². The Hall–Kier alpha value is -2.52. The molecule has 3 rings (SSSR count). The van der Waals surface area contributed by atoms with Gasteiger partial charge in [-0.15, -0.1) is 15.0 Å². The van der Waals surface area contributed by atoms with Gasteiger partial charge in [0, 0.05) is 32.7 Å². The summed E-state index contributed by atoms with van der Waals surface area (Å²) in [6.07, 6.45) is 0. The molecule has 0 saturated carbocycles. The van der Waals surface area contributed by atoms with E-state index in [4.69, 9.17) is 5.11 Å². The highest BCUT2D eigenvalue weighted by molar-refractivity contribution is 5.91. The number of β-amino-alcohol motifs (C(OH)–C–C–N with tert-alkyl or cyclic N) is 1. The van der Waals surface area contributed by atoms with Crippen LogP contribution in [-0.2, 0) is 0 Å². The first-order chi connectivity index (χ1) is 11.6. The molecule has 2 N–H and O–H groups in total. The van der Waals surface area contributed by atoms with E-state index in [1.165, 1.54) is 12.1 Å². The molecule has 1 fully saturated rings. The van der Waals surface area contributed by atoms with Crippen molar-refractivity contribution in [3.05, 3.63) is 35.8 Å². The molecule has 0 unspecified atom stereocenters. The van der Waals surface area contributed by atoms with E-state index in [-0.39, 0.29) is 23.8 Å². The minimum Gasteiger partial charge on any atom is -0.476 e. The molecule has 128 valence electrons. The fraction of sp³-hybridized carbons (Fsp3) is 0.400. The molecule has 2 heterocycles. The molecule has 1 aliphatic rings. The molecule has 1 aromatic carbocycles. The number of aliphatic hydroxyl groups is 1. The van der Waals surface area contributed by atoms with Gasteiger partial charge in [-0.05, 0) is 12.1 Å². The highest BCUT2D eigenvalue weighted by atomic mass is 19.1. The fourth-order valence-corrected chi connectivity index (χ4v) is 2.70. The zero-order valence-corrected chi connectivity index (χ0v) is 13.0. The van der Waals surface area contributed by atoms with E-state index in [9.17, 15) is 14.3 Å². The summed E-state index contributed by atoms with van der Waals surface area (Å²) >= 11 is 0. The molecule has 0 radical (unpaired) electrons. The lowest BCUT2D eigenvalue weighted by Crippen LogP contribution is -2.47. The van der Waals surface area contributed by atoms with Gasteiger partial charge >= 0.3 is 5.97 Å². The van der Waals surface area contributed by atoms with Gasteiger partial charge in [-0.1, -0.05) is 12.1 Å². The van der Waals surface area contributed by atoms with Crippen molar-refractivity contribution in [2.45, 2.75) is 0 Å². The van der Waals surface area contributed by atoms with Gasteiger partial charge in [0.2, 0.25) is 5.69 Å². The number of anilines is 1. The molecule has 1 aliphatic heterocycles. The SMILES string of the molecule is O=C(O)c1nn(-c2ccccc2F)nc1N1CCN(CCO)CC1. The molecule has 1 aromatic heterocycles. The average Bonchev–Trinajstić information content (AvgIpc) is 3.02. The van der Waals surface area contributed by atoms with Crippen LogP contribution in [0.4, 0.5) is 10.2 Å². The number of carboxylic acids is 1. The van der Waals surface area contributed by atoms with Crippen molar-refractivity contribution in [1.29, 1.82) is 0 Å². The third kappa shape index (κ3) is 3.22. The zero-order chi connectivity index (χ0) is 17.1. The van der Waals surface area contributed by atoms with Gasteiger partial charge < -0.3 is 15.1 Å². The van der Waals surface area contributed by atoms with Crippen LogP contribution in [-0.4, -0.2) is 75.4 Å². The van der Waals surface area contributed by atoms with Crippen LogP contribution in [0, 0.1) is 5.82 Å². The number of para-hydroxylation sites is 1. The Kier molecular flexibility index (Phi) is 4.72. The normalized spacial score (nSPS) is 15.7. The highest BCUT2D eigenvalue weighted by Gasteiger charge is 2.27. The van der Waals surface area contributed by atoms with Crippen LogP contribution < -0.4 is 4.90 Å². The number of hydrogen-bond donors (Lipinski definition) is 2. The second-order valence-electron chi connectivity index (χ2n) is 5.47. The fourth-order valence-electron chi connectivity index (χ4n) is 2.70. The minimum absolute atomic E-state index is 0.0871. The van der Waals surface area contributed by atoms with Gasteiger partial charge in [0.05, 0.1) is 6.61 Å². The Balaban J connectivity index is 1.88. The number of nitrogens with zero attached hydrogens (tertiary/aromatic N) is 5. The Morgan fingerprint density at radius 2 is 1.88 bits per heavy atom. The second kappa shape index (κ2) is 6.93. The highest BCUT2D eigenvalue weighted by Crippen LogP contribution is 2.21. The predicted molar refractivity (Wildman–Crippen MR) is 84.0 cm³/mol. The van der Waals surface area contributed by atoms with Crippen LogP contribution in [0.25, 0.3) is 5.69 Å². The lowest BCUT2D eigenvalue weighted by Gasteiger charge is -2.34. The second-order valence-corrected chi connectivity index (χ2v) is 5.47. The average molecular weight is 335 g/mol. The third-order valence-electron chi connectivity index (χ3n) is 3.95. The maximum atomic E-state index is 13.9. The summed E-state index contributed by atoms with van der Waals surface area (Å²) in [5.41, 5.74) is -0.0981. The third-order valence-corrected chi connectivity index (χ3v) is 3.95. The Morgan fingerprint density at radius 1 is 1.17 bits per heavy atom. The van der Waals surface area contributed by atoms with Crippen molar-refractivity contribution in [3.8, 4) is 5.69 Å². The number of aromatic carboxylic acids is 1. The summed E-state index contributed by atoms with van der Waals surface area (Å²) in [5.74, 6) is -1.50. The number of carbonyl (C=O) groups is 1. The maximum absolute atomic E-state index is 13.9. The maximum Gasteiger partial charge on any atom is 0.360 e. The Morgan fingerprint density at radius 3 is 2.50 bits per heavy atom. The summed E-state index contributed by atoms with van der Waals surface area (Å²) in [7, 11) is 0. The lowest BCUT2D eigenvalue weighted by molar-refractivity contribution is 0.0690. The van der Waals surface area contributed by atoms with Gasteiger partial charge in [-0.3, -0.25) is 4.90 Å². The number of carboxylic acid groups (broad SMARTS) is 1. The minimum atomic E-state index is -1.20. The van der Waals surface area contributed by atoms with Crippen LogP contribution in [0.15, 0.2) is 24.3 Å². The van der Waals surface area contributed by atoms with Gasteiger partial charge in [-0.25, -0.2) is 9.18 Å². The predicted octanol–water partition coefficient (Wildman–Crippen LogP) is 0.219. The number of piperazine rings is 1. The molecular weight excluding hydrogens is 317 g/mol. The van der Waals surface area contributed by atoms with Crippen molar-refractivity contribution < 1.29 is 19.4 Å². The Labute approximate surface area is 137 Å². The molecule has 0 spiro atoms. The van der Waals surface area contributed by atoms with Crippen LogP contribution >= 0.6 is 0 Å². The monoisotopic (exact) mass is 335 g/mol. The summed E-state index contributed by atoms with van der Waals surface area (Å²) in [4.78, 5) is 16.4. The van der Waals surface area contributed by atoms with Crippen molar-refractivity contribution in [3.63, 3.8) is 0 Å². The summed E-state index contributed by atoms with van der Waals surface area (Å²) in [6, 6.07) is 5.94. The van der Waals surface area contributed by atoms with E-state index in [0.29, 0.717) is 32.7 Å². The van der Waals surface area contributed by atoms with Crippen LogP contribution in [0.3, 0.4) is 0 Å². The molecular formula is C15H18FN5O3. The van der Waals surface area contributed by atoms with Crippen molar-refractivity contribution in [1.82, 2.24) is 19.9 Å². The van der Waals surface area contributed by atoms with Crippen molar-refractivity contribution in [2.75, 3.05) is 44.2 Å². The van der Waals surface area contributed by atoms with Crippen LogP contribution in [0.5, 0.6) is 0 Å². The molecule has 2 aromatic rings. The van der Waals surface area contributed by atoms with Gasteiger partial charge in [-0.2, -0.15) is 0 Å². The number of halogens is 1. The molecule has 1 saturated heterocycles. The van der Waals surface area contributed by atoms with E-state index in [0.717, 1.165) is 4.80 Å². The van der Waals surface area contributed by atoms with Crippen LogP contribution in [0.1, 0.15) is 10.5 Å². The number of hydrogen-bond acceptors (Lipinski definition) is 6. The standard InChI is InChI=1S/C15H18FN5O3/c16-11-3-1-2-4-12(11)21-17-13(15(23)24)14(18-21)20-7-5-19(6-8-20)9-10-22/h1-4,22H,5-10H2,(H,23,24). The summed E-state index contributed by atoms with van der Waals surface area (Å²) in [6.45, 7) is 3.18. The first-order valence-corrected chi connectivity index (χ1v) is 7.64. The van der Waals surface area contributed by atoms with Crippen molar-refractivity contribution >= 4 is 11.8 Å². The first-order valence-electron chi connectivity index (χ1n) is 7.64. The van der Waals surface area contributed by atoms with Crippen LogP contribution in [0.2, 0.25) is 0 Å². The van der Waals surface area contributed by atoms with E-state index >= 15 is 0 Å². The molecule has 0 atom stereocenters. The molecule has 0 bridgehead atoms. The van der Waals surface area contributed by atoms with Gasteiger partial charge in [0.25, 0.3) is 0 Å². The van der Waals surface area contributed by atoms with E-state index < -0.39 is 11.8 Å². The number of benzene rings is 1. The smallest absolute Gasteiger partial charge is 0.360 e. The Bertz CT molecular complexity index is 728. The molecule has 8 nitrogen and oxygen atoms in total. The van der Waals surface area contributed by atoms with E-state index in [1.807, 2.05) is 4.90 Å². The quantitative estimate of drug-likeness (QED) is 0.807. The number of aromatic nitrogens is 3. The van der Waals surface area contributed by atoms with Gasteiger partial charge in [0.15, 0.2) is 11.6 Å². The molecule has 9 heteroatoms. The lowest BCUT2D eigenvalue weighted by atomic mass is 10.3. The number of rotatable bonds is 5.